The van der Waals surface area contributed by atoms with Gasteiger partial charge in [0.2, 0.25) is 0 Å². The predicted octanol–water partition coefficient (Wildman–Crippen LogP) is 24.5. The molecule has 474 valence electrons. The van der Waals surface area contributed by atoms with E-state index in [1.54, 1.807) is 0 Å². The van der Waals surface area contributed by atoms with E-state index in [9.17, 15) is 0 Å². The molecule has 0 unspecified atom stereocenters. The molecular weight excluding hydrogens is 1070 g/mol. The Morgan fingerprint density at radius 1 is 0.250 bits per heavy atom. The van der Waals surface area contributed by atoms with Gasteiger partial charge in [-0.3, -0.25) is 0 Å². The second-order valence-electron chi connectivity index (χ2n) is 25.2. The minimum absolute atomic E-state index is 0.625. The van der Waals surface area contributed by atoms with Crippen molar-refractivity contribution >= 4 is 32.3 Å². The van der Waals surface area contributed by atoms with Crippen LogP contribution in [0.3, 0.4) is 0 Å². The van der Waals surface area contributed by atoms with Crippen LogP contribution in [0.4, 0.5) is 0 Å². The van der Waals surface area contributed by atoms with Gasteiger partial charge in [0.1, 0.15) is 23.0 Å². The summed E-state index contributed by atoms with van der Waals surface area (Å²) >= 11 is 0. The van der Waals surface area contributed by atoms with Crippen LogP contribution in [0.25, 0.3) is 32.3 Å². The second kappa shape index (κ2) is 44.3. The standard InChI is InChI=1S/C84H114O4/c1-7-13-17-21-25-29-33-37-41-45-61-85-79-67-81(87-63-47-43-39-35-31-27-23-19-15-9-3)75(65-69(79)11-5)55-51-71-49-53-73-58-60-78-72(50-54-74-57-59-77(71)83(73)84(74)78)52-56-76-66-70(12-6)80(86-62-46-42-38-34-30-26-22-18-14-8-2)68-82(76)88-64-48-44-40-36-32-28-24-20-16-10-4/h5-6,49-50,53-54,57-60,65-68H,7-10,13-48,61-64H2,1-4H3. The first kappa shape index (κ1) is 70.9. The summed E-state index contributed by atoms with van der Waals surface area (Å²) in [6, 6.07) is 25.6. The van der Waals surface area contributed by atoms with Crippen molar-refractivity contribution in [3.8, 4) is 71.4 Å². The van der Waals surface area contributed by atoms with Crippen molar-refractivity contribution in [2.24, 2.45) is 0 Å². The molecule has 0 aromatic heterocycles. The molecule has 4 nitrogen and oxygen atoms in total. The fraction of sp³-hybridized carbons (Fsp3) is 0.571. The lowest BCUT2D eigenvalue weighted by Gasteiger charge is -2.14. The topological polar surface area (TPSA) is 36.9 Å². The summed E-state index contributed by atoms with van der Waals surface area (Å²) in [6.45, 7) is 11.6. The smallest absolute Gasteiger partial charge is 0.138 e. The molecule has 0 fully saturated rings. The zero-order valence-corrected chi connectivity index (χ0v) is 55.8. The van der Waals surface area contributed by atoms with Gasteiger partial charge in [0, 0.05) is 23.3 Å². The zero-order chi connectivity index (χ0) is 61.9. The van der Waals surface area contributed by atoms with E-state index >= 15 is 0 Å². The van der Waals surface area contributed by atoms with Gasteiger partial charge in [0.15, 0.2) is 0 Å². The number of rotatable bonds is 48. The van der Waals surface area contributed by atoms with Gasteiger partial charge < -0.3 is 18.9 Å². The normalized spacial score (nSPS) is 11.2. The molecule has 88 heavy (non-hydrogen) atoms. The molecule has 0 aliphatic rings. The highest BCUT2D eigenvalue weighted by Gasteiger charge is 2.16. The third-order valence-corrected chi connectivity index (χ3v) is 17.8. The molecular formula is C84H114O4. The molecule has 6 aromatic carbocycles. The van der Waals surface area contributed by atoms with E-state index in [-0.39, 0.29) is 0 Å². The Hall–Kier alpha value is -6.20. The molecule has 0 spiro atoms. The van der Waals surface area contributed by atoms with Gasteiger partial charge in [0.05, 0.1) is 48.7 Å². The van der Waals surface area contributed by atoms with Crippen molar-refractivity contribution in [2.45, 2.75) is 285 Å². The Balaban J connectivity index is 1.21. The van der Waals surface area contributed by atoms with E-state index < -0.39 is 0 Å². The molecule has 0 saturated heterocycles. The summed E-state index contributed by atoms with van der Waals surface area (Å²) in [4.78, 5) is 0. The lowest BCUT2D eigenvalue weighted by atomic mass is 9.90. The Morgan fingerprint density at radius 3 is 0.739 bits per heavy atom. The first-order valence-electron chi connectivity index (χ1n) is 36.1. The Kier molecular flexibility index (Phi) is 35.7. The van der Waals surface area contributed by atoms with Crippen LogP contribution >= 0.6 is 0 Å². The fourth-order valence-electron chi connectivity index (χ4n) is 12.4. The van der Waals surface area contributed by atoms with Gasteiger partial charge >= 0.3 is 0 Å². The van der Waals surface area contributed by atoms with Crippen molar-refractivity contribution in [1.29, 1.82) is 0 Å². The highest BCUT2D eigenvalue weighted by atomic mass is 16.5. The average Bonchev–Trinajstić information content (AvgIpc) is 1.02. The largest absolute Gasteiger partial charge is 0.492 e. The molecule has 0 N–H and O–H groups in total. The molecule has 0 atom stereocenters. The molecule has 6 aromatic rings. The van der Waals surface area contributed by atoms with Crippen LogP contribution < -0.4 is 18.9 Å². The number of hydrogen-bond donors (Lipinski definition) is 0. The quantitative estimate of drug-likeness (QED) is 0.0217. The van der Waals surface area contributed by atoms with Crippen LogP contribution in [0.5, 0.6) is 23.0 Å². The lowest BCUT2D eigenvalue weighted by molar-refractivity contribution is 0.288. The number of ether oxygens (including phenoxy) is 4. The fourth-order valence-corrected chi connectivity index (χ4v) is 12.4. The summed E-state index contributed by atoms with van der Waals surface area (Å²) in [5.41, 5.74) is 4.87. The molecule has 0 radical (unpaired) electrons. The van der Waals surface area contributed by atoms with E-state index in [1.165, 1.54) is 216 Å². The van der Waals surface area contributed by atoms with Crippen LogP contribution in [0, 0.1) is 48.4 Å². The Labute approximate surface area is 536 Å². The zero-order valence-electron chi connectivity index (χ0n) is 55.8. The molecule has 0 aliphatic heterocycles. The maximum absolute atomic E-state index is 6.63. The van der Waals surface area contributed by atoms with Gasteiger partial charge in [-0.1, -0.05) is 331 Å². The summed E-state index contributed by atoms with van der Waals surface area (Å²) in [5, 5.41) is 6.90. The average molecular weight is 1190 g/mol. The van der Waals surface area contributed by atoms with E-state index in [0.717, 1.165) is 107 Å². The molecule has 4 heteroatoms. The van der Waals surface area contributed by atoms with Crippen molar-refractivity contribution < 1.29 is 18.9 Å². The Bertz CT molecular complexity index is 2890. The van der Waals surface area contributed by atoms with Gasteiger partial charge in [-0.25, -0.2) is 0 Å². The number of benzene rings is 6. The molecule has 0 amide bonds. The predicted molar refractivity (Wildman–Crippen MR) is 380 cm³/mol. The van der Waals surface area contributed by atoms with Crippen LogP contribution in [0.1, 0.15) is 318 Å². The molecule has 6 rings (SSSR count). The van der Waals surface area contributed by atoms with Crippen molar-refractivity contribution in [3.05, 3.63) is 106 Å². The highest BCUT2D eigenvalue weighted by Crippen LogP contribution is 2.38. The first-order valence-corrected chi connectivity index (χ1v) is 36.1. The molecule has 0 heterocycles. The minimum Gasteiger partial charge on any atom is -0.492 e. The van der Waals surface area contributed by atoms with E-state index in [2.05, 4.69) is 112 Å². The summed E-state index contributed by atoms with van der Waals surface area (Å²) < 4.78 is 26.1. The first-order chi connectivity index (χ1) is 43.5. The summed E-state index contributed by atoms with van der Waals surface area (Å²) in [7, 11) is 0. The van der Waals surface area contributed by atoms with E-state index in [4.69, 9.17) is 31.8 Å². The maximum atomic E-state index is 6.63. The Morgan fingerprint density at radius 2 is 0.477 bits per heavy atom. The van der Waals surface area contributed by atoms with E-state index in [1.807, 2.05) is 24.3 Å². The third kappa shape index (κ3) is 25.4. The number of terminal acetylenes is 2. The molecule has 0 bridgehead atoms. The van der Waals surface area contributed by atoms with Crippen molar-refractivity contribution in [1.82, 2.24) is 0 Å². The minimum atomic E-state index is 0.625. The van der Waals surface area contributed by atoms with Crippen LogP contribution in [0.2, 0.25) is 0 Å². The van der Waals surface area contributed by atoms with Gasteiger partial charge in [-0.2, -0.15) is 0 Å². The molecule has 0 saturated carbocycles. The van der Waals surface area contributed by atoms with Gasteiger partial charge in [0.25, 0.3) is 0 Å². The second-order valence-corrected chi connectivity index (χ2v) is 25.2. The summed E-state index contributed by atoms with van der Waals surface area (Å²) in [5.74, 6) is 23.1. The summed E-state index contributed by atoms with van der Waals surface area (Å²) in [6.07, 6.45) is 63.5. The lowest BCUT2D eigenvalue weighted by Crippen LogP contribution is -2.03. The van der Waals surface area contributed by atoms with Crippen molar-refractivity contribution in [3.63, 3.8) is 0 Å². The number of hydrogen-bond acceptors (Lipinski definition) is 4. The van der Waals surface area contributed by atoms with Crippen LogP contribution in [-0.2, 0) is 0 Å². The van der Waals surface area contributed by atoms with Crippen LogP contribution in [0.15, 0.2) is 72.8 Å². The molecule has 0 aliphatic carbocycles. The maximum Gasteiger partial charge on any atom is 0.138 e. The monoisotopic (exact) mass is 1190 g/mol. The highest BCUT2D eigenvalue weighted by molar-refractivity contribution is 6.24. The van der Waals surface area contributed by atoms with Crippen LogP contribution in [-0.4, -0.2) is 26.4 Å². The third-order valence-electron chi connectivity index (χ3n) is 17.8. The van der Waals surface area contributed by atoms with Gasteiger partial charge in [-0.15, -0.1) is 12.8 Å². The van der Waals surface area contributed by atoms with E-state index in [0.29, 0.717) is 49.1 Å². The van der Waals surface area contributed by atoms with Crippen molar-refractivity contribution in [2.75, 3.05) is 26.4 Å². The SMILES string of the molecule is C#Cc1cc(C#Cc2ccc3ccc4c(C#Cc5cc(C#C)c(OCCCCCCCCCCCC)cc5OCCCCCCCCCCCC)ccc5ccc2c3c54)c(OCCCCCCCCCCCC)cc1OCCCCCCCCCCCC. The number of unbranched alkanes of at least 4 members (excludes halogenated alkanes) is 36. The van der Waals surface area contributed by atoms with Gasteiger partial charge in [-0.05, 0) is 82.3 Å².